The van der Waals surface area contributed by atoms with Crippen molar-refractivity contribution in [3.63, 3.8) is 0 Å². The number of hydrogen-bond acceptors (Lipinski definition) is 12. The summed E-state index contributed by atoms with van der Waals surface area (Å²) in [5.74, 6) is 7.92. The molecule has 0 radical (unpaired) electrons. The van der Waals surface area contributed by atoms with Gasteiger partial charge in [-0.2, -0.15) is 14.3 Å². The van der Waals surface area contributed by atoms with Gasteiger partial charge in [0.25, 0.3) is 10.0 Å². The molecule has 48 heavy (non-hydrogen) atoms. The first-order valence-electron chi connectivity index (χ1n) is 16.8. The molecule has 252 valence electrons. The fourth-order valence-corrected chi connectivity index (χ4v) is 7.27. The lowest BCUT2D eigenvalue weighted by atomic mass is 9.81. The molecule has 0 bridgehead atoms. The normalized spacial score (nSPS) is 19.3. The third-order valence-electron chi connectivity index (χ3n) is 9.10. The number of morpholine rings is 1. The van der Waals surface area contributed by atoms with Gasteiger partial charge in [0.15, 0.2) is 5.82 Å². The van der Waals surface area contributed by atoms with E-state index in [9.17, 15) is 13.5 Å². The highest BCUT2D eigenvalue weighted by Crippen LogP contribution is 2.35. The molecule has 1 atom stereocenters. The van der Waals surface area contributed by atoms with Crippen molar-refractivity contribution in [2.75, 3.05) is 62.7 Å². The lowest BCUT2D eigenvalue weighted by Gasteiger charge is -2.39. The number of aliphatic hydroxyl groups excluding tert-OH is 1. The number of hydrogen-bond donors (Lipinski definition) is 2. The molecule has 0 spiro atoms. The van der Waals surface area contributed by atoms with E-state index in [1.54, 1.807) is 24.7 Å². The highest BCUT2D eigenvalue weighted by molar-refractivity contribution is 7.90. The van der Waals surface area contributed by atoms with Crippen LogP contribution < -0.4 is 10.2 Å². The molecule has 2 aliphatic heterocycles. The second-order valence-corrected chi connectivity index (χ2v) is 14.9. The van der Waals surface area contributed by atoms with E-state index < -0.39 is 22.0 Å². The molecule has 1 aliphatic carbocycles. The van der Waals surface area contributed by atoms with Crippen molar-refractivity contribution in [1.82, 2.24) is 38.8 Å². The first-order chi connectivity index (χ1) is 23.7. The first kappa shape index (κ1) is 30.9. The van der Waals surface area contributed by atoms with Gasteiger partial charge in [0, 0.05) is 64.0 Å². The smallest absolute Gasteiger partial charge is 0.256 e. The summed E-state index contributed by atoms with van der Waals surface area (Å²) < 4.78 is 41.5. The summed E-state index contributed by atoms with van der Waals surface area (Å²) in [5.41, 5.74) is 2.45. The van der Waals surface area contributed by atoms with E-state index >= 15 is 0 Å². The predicted molar refractivity (Wildman–Crippen MR) is 180 cm³/mol. The second-order valence-electron chi connectivity index (χ2n) is 12.8. The number of piperidine rings is 1. The summed E-state index contributed by atoms with van der Waals surface area (Å²) in [4.78, 5) is 18.2. The molecule has 4 aromatic rings. The SMILES string of the molecule is [2H]C(O)C1(C)CCN(c2cc(Nc3ccnc(-c4cnn(S(=O)(=O)C5CC5)c4)n3)ncc2C#Cc2cnn(CCN3CCOCC3)c2)CC1. The monoisotopic (exact) mass is 673 g/mol. The van der Waals surface area contributed by atoms with Crippen molar-refractivity contribution in [3.8, 4) is 23.2 Å². The van der Waals surface area contributed by atoms with Crippen LogP contribution in [0.15, 0.2) is 49.3 Å². The topological polar surface area (TPSA) is 156 Å². The Morgan fingerprint density at radius 2 is 1.85 bits per heavy atom. The van der Waals surface area contributed by atoms with Gasteiger partial charge in [-0.25, -0.2) is 23.4 Å². The third kappa shape index (κ3) is 7.36. The Morgan fingerprint density at radius 1 is 1.04 bits per heavy atom. The summed E-state index contributed by atoms with van der Waals surface area (Å²) in [5, 5.41) is 21.5. The summed E-state index contributed by atoms with van der Waals surface area (Å²) in [6, 6.07) is 3.64. The van der Waals surface area contributed by atoms with Crippen LogP contribution in [-0.2, 0) is 21.3 Å². The van der Waals surface area contributed by atoms with Crippen LogP contribution in [0, 0.1) is 17.3 Å². The van der Waals surface area contributed by atoms with Gasteiger partial charge in [0.2, 0.25) is 0 Å². The molecular formula is C33H40N10O4S. The Labute approximate surface area is 281 Å². The molecule has 3 fully saturated rings. The molecule has 6 heterocycles. The highest BCUT2D eigenvalue weighted by atomic mass is 32.2. The van der Waals surface area contributed by atoms with Gasteiger partial charge in [-0.1, -0.05) is 18.8 Å². The number of ether oxygens (including phenoxy) is 1. The molecule has 15 heteroatoms. The average Bonchev–Trinajstić information content (AvgIpc) is 3.68. The lowest BCUT2D eigenvalue weighted by molar-refractivity contribution is 0.0359. The lowest BCUT2D eigenvalue weighted by Crippen LogP contribution is -2.40. The Balaban J connectivity index is 1.10. The van der Waals surface area contributed by atoms with E-state index in [1.807, 2.05) is 23.9 Å². The molecular weight excluding hydrogens is 632 g/mol. The molecule has 1 unspecified atom stereocenters. The molecule has 14 nitrogen and oxygen atoms in total. The number of rotatable bonds is 10. The van der Waals surface area contributed by atoms with Gasteiger partial charge in [-0.3, -0.25) is 9.58 Å². The molecule has 2 N–H and O–H groups in total. The van der Waals surface area contributed by atoms with Crippen LogP contribution in [-0.4, -0.2) is 110 Å². The van der Waals surface area contributed by atoms with Gasteiger partial charge in [0.1, 0.15) is 11.6 Å². The van der Waals surface area contributed by atoms with E-state index in [2.05, 4.69) is 52.1 Å². The molecule has 7 rings (SSSR count). The minimum Gasteiger partial charge on any atom is -0.396 e. The second kappa shape index (κ2) is 13.6. The standard InChI is InChI=1S/C33H40N10O4S/c1-33(24-44)7-10-41(11-8-33)29-18-31(35-20-26(29)3-2-25-19-36-42(22-25)13-12-40-14-16-47-17-15-40)38-30-6-9-34-32(39-30)27-21-37-43(23-27)48(45,46)28-4-5-28/h6,9,18-23,28,44H,4-5,7-8,10-17,24H2,1H3,(H,34,35,38,39)/i24D. The van der Waals surface area contributed by atoms with E-state index in [4.69, 9.17) is 6.11 Å². The number of aliphatic hydroxyl groups is 1. The Kier molecular flexibility index (Phi) is 8.79. The van der Waals surface area contributed by atoms with Crippen molar-refractivity contribution in [2.45, 2.75) is 44.4 Å². The minimum atomic E-state index is -3.50. The van der Waals surface area contributed by atoms with Gasteiger partial charge in [0.05, 0.1) is 67.3 Å². The van der Waals surface area contributed by atoms with Crippen molar-refractivity contribution in [3.05, 3.63) is 60.4 Å². The Hall–Kier alpha value is -4.36. The van der Waals surface area contributed by atoms with Crippen LogP contribution in [0.5, 0.6) is 0 Å². The summed E-state index contributed by atoms with van der Waals surface area (Å²) in [6.45, 7) is 7.18. The maximum atomic E-state index is 12.6. The zero-order valence-electron chi connectivity index (χ0n) is 27.9. The Morgan fingerprint density at radius 3 is 2.62 bits per heavy atom. The van der Waals surface area contributed by atoms with Crippen LogP contribution in [0.2, 0.25) is 0 Å². The highest BCUT2D eigenvalue weighted by Gasteiger charge is 2.37. The Bertz CT molecular complexity index is 1950. The van der Waals surface area contributed by atoms with Gasteiger partial charge in [-0.15, -0.1) is 0 Å². The van der Waals surface area contributed by atoms with Gasteiger partial charge >= 0.3 is 0 Å². The number of nitrogens with zero attached hydrogens (tertiary/aromatic N) is 9. The van der Waals surface area contributed by atoms with Gasteiger partial charge in [-0.05, 0) is 37.2 Å². The van der Waals surface area contributed by atoms with Crippen LogP contribution in [0.25, 0.3) is 11.4 Å². The predicted octanol–water partition coefficient (Wildman–Crippen LogP) is 2.35. The average molecular weight is 674 g/mol. The fourth-order valence-electron chi connectivity index (χ4n) is 5.79. The van der Waals surface area contributed by atoms with E-state index in [-0.39, 0.29) is 5.25 Å². The molecule has 0 aromatic carbocycles. The van der Waals surface area contributed by atoms with E-state index in [0.29, 0.717) is 61.8 Å². The van der Waals surface area contributed by atoms with Crippen LogP contribution in [0.3, 0.4) is 0 Å². The van der Waals surface area contributed by atoms with Crippen molar-refractivity contribution < 1.29 is 19.6 Å². The minimum absolute atomic E-state index is 0.333. The van der Waals surface area contributed by atoms with Crippen molar-refractivity contribution in [2.24, 2.45) is 5.41 Å². The van der Waals surface area contributed by atoms with Crippen LogP contribution in [0.1, 0.15) is 45.1 Å². The fraction of sp³-hybridized carbons (Fsp3) is 0.485. The molecule has 0 amide bonds. The quantitative estimate of drug-likeness (QED) is 0.237. The van der Waals surface area contributed by atoms with Crippen molar-refractivity contribution >= 4 is 27.3 Å². The number of pyridine rings is 1. The molecule has 4 aromatic heterocycles. The van der Waals surface area contributed by atoms with Crippen LogP contribution >= 0.6 is 0 Å². The number of aromatic nitrogens is 7. The zero-order valence-corrected chi connectivity index (χ0v) is 27.7. The summed E-state index contributed by atoms with van der Waals surface area (Å²) >= 11 is 0. The molecule has 3 aliphatic rings. The molecule has 2 saturated heterocycles. The first-order valence-corrected chi connectivity index (χ1v) is 17.8. The largest absolute Gasteiger partial charge is 0.396 e. The number of anilines is 3. The third-order valence-corrected chi connectivity index (χ3v) is 11.1. The maximum Gasteiger partial charge on any atom is 0.256 e. The summed E-state index contributed by atoms with van der Waals surface area (Å²) in [7, 11) is -3.50. The van der Waals surface area contributed by atoms with Crippen LogP contribution in [0.4, 0.5) is 17.3 Å². The van der Waals surface area contributed by atoms with E-state index in [1.165, 1.54) is 12.4 Å². The summed E-state index contributed by atoms with van der Waals surface area (Å²) in [6.07, 6.45) is 12.6. The number of nitrogens with one attached hydrogen (secondary N) is 1. The van der Waals surface area contributed by atoms with E-state index in [0.717, 1.165) is 60.3 Å². The zero-order chi connectivity index (χ0) is 34.0. The van der Waals surface area contributed by atoms with Gasteiger partial charge < -0.3 is 20.1 Å². The van der Waals surface area contributed by atoms with Crippen molar-refractivity contribution in [1.29, 1.82) is 0 Å². The molecule has 1 saturated carbocycles. The maximum absolute atomic E-state index is 12.6.